The van der Waals surface area contributed by atoms with Crippen molar-refractivity contribution >= 4 is 40.5 Å². The summed E-state index contributed by atoms with van der Waals surface area (Å²) >= 11 is 6.17. The third-order valence-corrected chi connectivity index (χ3v) is 7.85. The van der Waals surface area contributed by atoms with Gasteiger partial charge in [-0.2, -0.15) is 0 Å². The van der Waals surface area contributed by atoms with Crippen LogP contribution in [0.1, 0.15) is 75.8 Å². The van der Waals surface area contributed by atoms with E-state index in [-0.39, 0.29) is 18.4 Å². The highest BCUT2D eigenvalue weighted by Crippen LogP contribution is 2.24. The zero-order valence-electron chi connectivity index (χ0n) is 24.2. The van der Waals surface area contributed by atoms with Crippen molar-refractivity contribution < 1.29 is 19.1 Å². The maximum atomic E-state index is 13.4. The van der Waals surface area contributed by atoms with Crippen molar-refractivity contribution in [3.8, 4) is 0 Å². The number of carbonyl (C=O) groups excluding carboxylic acids is 3. The van der Waals surface area contributed by atoms with E-state index < -0.39 is 12.1 Å². The van der Waals surface area contributed by atoms with Gasteiger partial charge < -0.3 is 25.3 Å². The van der Waals surface area contributed by atoms with Crippen molar-refractivity contribution in [1.82, 2.24) is 25.5 Å². The van der Waals surface area contributed by atoms with Crippen LogP contribution in [0.5, 0.6) is 0 Å². The average molecular weight is 602 g/mol. The number of hydrogen-bond donors (Lipinski definition) is 3. The number of rotatable bonds is 11. The molecule has 0 aliphatic carbocycles. The third kappa shape index (κ3) is 7.93. The van der Waals surface area contributed by atoms with Gasteiger partial charge >= 0.3 is 6.09 Å². The summed E-state index contributed by atoms with van der Waals surface area (Å²) < 4.78 is 5.28. The minimum absolute atomic E-state index is 0.0123. The monoisotopic (exact) mass is 601 g/mol. The molecule has 0 radical (unpaired) electrons. The molecule has 1 aliphatic heterocycles. The minimum atomic E-state index is -0.468. The Hall–Kier alpha value is -4.37. The Morgan fingerprint density at radius 1 is 1.02 bits per heavy atom. The number of amides is 3. The van der Waals surface area contributed by atoms with Crippen LogP contribution in [0.25, 0.3) is 11.0 Å². The van der Waals surface area contributed by atoms with E-state index in [2.05, 4.69) is 15.6 Å². The number of aromatic nitrogens is 2. The molecule has 2 heterocycles. The lowest BCUT2D eigenvalue weighted by molar-refractivity contribution is 0.0791. The number of fused-ring (bicyclic) bond motifs is 1. The first-order valence-electron chi connectivity index (χ1n) is 14.7. The predicted molar refractivity (Wildman–Crippen MR) is 166 cm³/mol. The number of alkyl carbamates (subject to hydrolysis) is 1. The molecule has 224 valence electrons. The number of aryl methyl sites for hydroxylation is 1. The average Bonchev–Trinajstić information content (AvgIpc) is 3.70. The van der Waals surface area contributed by atoms with Gasteiger partial charge in [-0.1, -0.05) is 41.9 Å². The molecule has 1 saturated heterocycles. The van der Waals surface area contributed by atoms with Crippen molar-refractivity contribution in [1.29, 1.82) is 0 Å². The van der Waals surface area contributed by atoms with Crippen molar-refractivity contribution in [3.05, 3.63) is 99.8 Å². The molecule has 1 aliphatic rings. The largest absolute Gasteiger partial charge is 0.445 e. The van der Waals surface area contributed by atoms with Gasteiger partial charge in [-0.15, -0.1) is 0 Å². The Morgan fingerprint density at radius 3 is 2.58 bits per heavy atom. The van der Waals surface area contributed by atoms with E-state index in [1.165, 1.54) is 0 Å². The quantitative estimate of drug-likeness (QED) is 0.174. The van der Waals surface area contributed by atoms with Crippen molar-refractivity contribution in [2.75, 3.05) is 19.6 Å². The second-order valence-electron chi connectivity index (χ2n) is 10.8. The number of likely N-dealkylation sites (tertiary alicyclic amines) is 1. The van der Waals surface area contributed by atoms with Crippen LogP contribution in [0.2, 0.25) is 5.02 Å². The van der Waals surface area contributed by atoms with Crippen LogP contribution in [-0.4, -0.2) is 52.4 Å². The molecule has 3 aromatic carbocycles. The molecule has 0 bridgehead atoms. The number of benzene rings is 3. The van der Waals surface area contributed by atoms with Gasteiger partial charge in [0, 0.05) is 35.8 Å². The van der Waals surface area contributed by atoms with E-state index in [4.69, 9.17) is 21.3 Å². The van der Waals surface area contributed by atoms with Crippen LogP contribution in [0, 0.1) is 6.92 Å². The zero-order chi connectivity index (χ0) is 30.2. The normalized spacial score (nSPS) is 13.6. The van der Waals surface area contributed by atoms with Crippen molar-refractivity contribution in [2.24, 2.45) is 0 Å². The summed E-state index contributed by atoms with van der Waals surface area (Å²) in [5.74, 6) is 0.381. The van der Waals surface area contributed by atoms with Crippen molar-refractivity contribution in [3.63, 3.8) is 0 Å². The smallest absolute Gasteiger partial charge is 0.407 e. The van der Waals surface area contributed by atoms with Crippen LogP contribution >= 0.6 is 11.6 Å². The van der Waals surface area contributed by atoms with Gasteiger partial charge in [0.15, 0.2) is 0 Å². The Balaban J connectivity index is 1.20. The highest BCUT2D eigenvalue weighted by Gasteiger charge is 2.23. The number of ether oxygens (including phenoxy) is 1. The van der Waals surface area contributed by atoms with Crippen LogP contribution in [0.3, 0.4) is 0 Å². The zero-order valence-corrected chi connectivity index (χ0v) is 25.0. The number of imidazole rings is 1. The number of nitrogens with zero attached hydrogens (tertiary/aromatic N) is 2. The van der Waals surface area contributed by atoms with E-state index in [9.17, 15) is 14.4 Å². The Morgan fingerprint density at radius 2 is 1.81 bits per heavy atom. The fourth-order valence-corrected chi connectivity index (χ4v) is 5.42. The standard InChI is InChI=1S/C33H36ClN5O4/c1-22-19-24(12-14-26(22)32(41)39-17-7-8-18-39)31(40)38-28(30-36-27-15-13-25(34)20-29(27)37-30)11-5-6-16-35-33(42)43-21-23-9-3-2-4-10-23/h2-4,9-10,12-15,19-20,28H,5-8,11,16-18,21H2,1H3,(H,35,42)(H,36,37)(H,38,40). The van der Waals surface area contributed by atoms with Gasteiger partial charge in [0.2, 0.25) is 0 Å². The summed E-state index contributed by atoms with van der Waals surface area (Å²) in [6.45, 7) is 4.06. The van der Waals surface area contributed by atoms with Gasteiger partial charge in [0.05, 0.1) is 17.1 Å². The molecule has 0 saturated carbocycles. The first-order chi connectivity index (χ1) is 20.9. The Labute approximate surface area is 256 Å². The van der Waals surface area contributed by atoms with Crippen LogP contribution in [0.15, 0.2) is 66.7 Å². The number of halogens is 1. The fourth-order valence-electron chi connectivity index (χ4n) is 5.26. The Kier molecular flexibility index (Phi) is 9.94. The number of aromatic amines is 1. The number of H-pyrrole nitrogens is 1. The Bertz CT molecular complexity index is 1580. The van der Waals surface area contributed by atoms with Gasteiger partial charge in [-0.25, -0.2) is 9.78 Å². The van der Waals surface area contributed by atoms with Crippen molar-refractivity contribution in [2.45, 2.75) is 51.7 Å². The molecule has 1 aromatic heterocycles. The molecule has 1 fully saturated rings. The third-order valence-electron chi connectivity index (χ3n) is 7.61. The summed E-state index contributed by atoms with van der Waals surface area (Å²) in [6, 6.07) is 19.7. The van der Waals surface area contributed by atoms with Crippen LogP contribution < -0.4 is 10.6 Å². The molecule has 9 nitrogen and oxygen atoms in total. The van der Waals surface area contributed by atoms with Gasteiger partial charge in [-0.3, -0.25) is 9.59 Å². The lowest BCUT2D eigenvalue weighted by atomic mass is 10.0. The van der Waals surface area contributed by atoms with Crippen LogP contribution in [0.4, 0.5) is 4.79 Å². The lowest BCUT2D eigenvalue weighted by Gasteiger charge is -2.19. The molecule has 4 aromatic rings. The summed E-state index contributed by atoms with van der Waals surface area (Å²) in [7, 11) is 0. The summed E-state index contributed by atoms with van der Waals surface area (Å²) in [4.78, 5) is 48.3. The molecular weight excluding hydrogens is 566 g/mol. The van der Waals surface area contributed by atoms with E-state index in [0.717, 1.165) is 42.6 Å². The molecular formula is C33H36ClN5O4. The first kappa shape index (κ1) is 30.1. The number of nitrogens with one attached hydrogen (secondary N) is 3. The summed E-state index contributed by atoms with van der Waals surface area (Å²) in [5.41, 5.74) is 4.32. The van der Waals surface area contributed by atoms with E-state index >= 15 is 0 Å². The van der Waals surface area contributed by atoms with Gasteiger partial charge in [0.1, 0.15) is 12.4 Å². The minimum Gasteiger partial charge on any atom is -0.445 e. The van der Waals surface area contributed by atoms with Crippen LogP contribution in [-0.2, 0) is 11.3 Å². The summed E-state index contributed by atoms with van der Waals surface area (Å²) in [6.07, 6.45) is 3.56. The van der Waals surface area contributed by atoms with E-state index in [1.54, 1.807) is 30.3 Å². The molecule has 10 heteroatoms. The van der Waals surface area contributed by atoms with Gasteiger partial charge in [0.25, 0.3) is 11.8 Å². The molecule has 3 amide bonds. The highest BCUT2D eigenvalue weighted by atomic mass is 35.5. The maximum absolute atomic E-state index is 13.4. The molecule has 1 atom stereocenters. The fraction of sp³-hybridized carbons (Fsp3) is 0.333. The second kappa shape index (κ2) is 14.2. The summed E-state index contributed by atoms with van der Waals surface area (Å²) in [5, 5.41) is 6.48. The first-order valence-corrected chi connectivity index (χ1v) is 15.1. The van der Waals surface area contributed by atoms with E-state index in [1.807, 2.05) is 48.2 Å². The second-order valence-corrected chi connectivity index (χ2v) is 11.3. The molecule has 1 unspecified atom stereocenters. The molecule has 43 heavy (non-hydrogen) atoms. The number of carbonyl (C=O) groups is 3. The number of hydrogen-bond acceptors (Lipinski definition) is 5. The predicted octanol–water partition coefficient (Wildman–Crippen LogP) is 6.33. The van der Waals surface area contributed by atoms with E-state index in [0.29, 0.717) is 53.3 Å². The molecule has 5 rings (SSSR count). The SMILES string of the molecule is Cc1cc(C(=O)NC(CCCCNC(=O)OCc2ccccc2)c2nc3cc(Cl)ccc3[nH]2)ccc1C(=O)N1CCCC1. The number of unbranched alkanes of at least 4 members (excludes halogenated alkanes) is 1. The molecule has 3 N–H and O–H groups in total. The molecule has 0 spiro atoms. The maximum Gasteiger partial charge on any atom is 0.407 e. The highest BCUT2D eigenvalue weighted by molar-refractivity contribution is 6.31. The lowest BCUT2D eigenvalue weighted by Crippen LogP contribution is -2.30. The topological polar surface area (TPSA) is 116 Å². The van der Waals surface area contributed by atoms with Gasteiger partial charge in [-0.05, 0) is 86.6 Å².